The van der Waals surface area contributed by atoms with Gasteiger partial charge in [-0.1, -0.05) is 6.92 Å². The van der Waals surface area contributed by atoms with Crippen molar-refractivity contribution >= 4 is 5.97 Å². The van der Waals surface area contributed by atoms with Gasteiger partial charge in [-0.25, -0.2) is 0 Å². The lowest BCUT2D eigenvalue weighted by Crippen LogP contribution is -2.30. The first kappa shape index (κ1) is 13.2. The van der Waals surface area contributed by atoms with Crippen LogP contribution in [0, 0.1) is 5.92 Å². The zero-order valence-corrected chi connectivity index (χ0v) is 7.84. The van der Waals surface area contributed by atoms with Gasteiger partial charge in [-0.15, -0.1) is 0 Å². The van der Waals surface area contributed by atoms with Gasteiger partial charge in [0.1, 0.15) is 0 Å². The van der Waals surface area contributed by atoms with Gasteiger partial charge >= 0.3 is 12.1 Å². The topological polar surface area (TPSA) is 63.3 Å². The lowest BCUT2D eigenvalue weighted by Gasteiger charge is -2.19. The molecule has 0 heterocycles. The molecule has 0 aliphatic heterocycles. The number of nitrogens with two attached hydrogens (primary N) is 1. The highest BCUT2D eigenvalue weighted by Gasteiger charge is 2.36. The summed E-state index contributed by atoms with van der Waals surface area (Å²) in [4.78, 5) is 10.1. The Hall–Kier alpha value is -0.780. The van der Waals surface area contributed by atoms with Crippen LogP contribution in [0.5, 0.6) is 0 Å². The van der Waals surface area contributed by atoms with Gasteiger partial charge in [-0.2, -0.15) is 13.2 Å². The SMILES string of the molecule is CC(CC(N)CCC(=O)O)C(F)(F)F. The minimum absolute atomic E-state index is 0.0791. The van der Waals surface area contributed by atoms with Crippen molar-refractivity contribution in [2.45, 2.75) is 38.4 Å². The number of carboxylic acid groups (broad SMARTS) is 1. The van der Waals surface area contributed by atoms with E-state index in [0.29, 0.717) is 0 Å². The Morgan fingerprint density at radius 2 is 2.00 bits per heavy atom. The molecule has 2 atom stereocenters. The molecule has 0 aromatic carbocycles. The zero-order chi connectivity index (χ0) is 11.4. The summed E-state index contributed by atoms with van der Waals surface area (Å²) in [6.07, 6.45) is -4.58. The van der Waals surface area contributed by atoms with Crippen molar-refractivity contribution in [1.82, 2.24) is 0 Å². The molecule has 2 unspecified atom stereocenters. The van der Waals surface area contributed by atoms with Crippen LogP contribution in [0.3, 0.4) is 0 Å². The van der Waals surface area contributed by atoms with Gasteiger partial charge in [0.2, 0.25) is 0 Å². The molecule has 0 aliphatic rings. The summed E-state index contributed by atoms with van der Waals surface area (Å²) >= 11 is 0. The minimum Gasteiger partial charge on any atom is -0.481 e. The van der Waals surface area contributed by atoms with Crippen molar-refractivity contribution in [3.05, 3.63) is 0 Å². The van der Waals surface area contributed by atoms with E-state index >= 15 is 0 Å². The van der Waals surface area contributed by atoms with Crippen LogP contribution >= 0.6 is 0 Å². The fourth-order valence-corrected chi connectivity index (χ4v) is 1.01. The first-order chi connectivity index (χ1) is 6.23. The maximum Gasteiger partial charge on any atom is 0.391 e. The van der Waals surface area contributed by atoms with Crippen molar-refractivity contribution in [3.8, 4) is 0 Å². The largest absolute Gasteiger partial charge is 0.481 e. The van der Waals surface area contributed by atoms with E-state index in [9.17, 15) is 18.0 Å². The number of rotatable bonds is 5. The standard InChI is InChI=1S/C8H14F3NO2/c1-5(8(9,10)11)4-6(12)2-3-7(13)14/h5-6H,2-4,12H2,1H3,(H,13,14). The van der Waals surface area contributed by atoms with E-state index in [4.69, 9.17) is 10.8 Å². The molecule has 3 N–H and O–H groups in total. The van der Waals surface area contributed by atoms with Crippen LogP contribution in [-0.4, -0.2) is 23.3 Å². The van der Waals surface area contributed by atoms with Crippen molar-refractivity contribution in [2.24, 2.45) is 11.7 Å². The molecule has 3 nitrogen and oxygen atoms in total. The lowest BCUT2D eigenvalue weighted by molar-refractivity contribution is -0.172. The van der Waals surface area contributed by atoms with Crippen LogP contribution in [0.1, 0.15) is 26.2 Å². The Balaban J connectivity index is 3.82. The number of aliphatic carboxylic acids is 1. The number of alkyl halides is 3. The van der Waals surface area contributed by atoms with E-state index in [1.54, 1.807) is 0 Å². The van der Waals surface area contributed by atoms with E-state index in [0.717, 1.165) is 6.92 Å². The predicted molar refractivity (Wildman–Crippen MR) is 44.7 cm³/mol. The molecule has 0 saturated heterocycles. The highest BCUT2D eigenvalue weighted by atomic mass is 19.4. The lowest BCUT2D eigenvalue weighted by atomic mass is 9.99. The third kappa shape index (κ3) is 5.80. The fourth-order valence-electron chi connectivity index (χ4n) is 1.01. The molecule has 0 saturated carbocycles. The summed E-state index contributed by atoms with van der Waals surface area (Å²) in [6, 6.07) is -0.706. The normalized spacial score (nSPS) is 16.4. The van der Waals surface area contributed by atoms with Crippen molar-refractivity contribution in [2.75, 3.05) is 0 Å². The Kier molecular flexibility index (Phi) is 4.90. The molecule has 0 aromatic heterocycles. The highest BCUT2D eigenvalue weighted by molar-refractivity contribution is 5.66. The number of halogens is 3. The monoisotopic (exact) mass is 213 g/mol. The second kappa shape index (κ2) is 5.19. The zero-order valence-electron chi connectivity index (χ0n) is 7.84. The second-order valence-corrected chi connectivity index (χ2v) is 3.37. The average Bonchev–Trinajstić information content (AvgIpc) is 1.99. The summed E-state index contributed by atoms with van der Waals surface area (Å²) in [6.45, 7) is 1.04. The molecule has 0 aromatic rings. The Labute approximate surface area is 80.1 Å². The molecule has 14 heavy (non-hydrogen) atoms. The maximum absolute atomic E-state index is 12.0. The smallest absolute Gasteiger partial charge is 0.391 e. The summed E-state index contributed by atoms with van der Waals surface area (Å²) in [5, 5.41) is 8.28. The van der Waals surface area contributed by atoms with Crippen LogP contribution in [-0.2, 0) is 4.79 Å². The summed E-state index contributed by atoms with van der Waals surface area (Å²) < 4.78 is 36.1. The molecular weight excluding hydrogens is 199 g/mol. The number of carboxylic acids is 1. The van der Waals surface area contributed by atoms with E-state index < -0.39 is 24.1 Å². The summed E-state index contributed by atoms with van der Waals surface area (Å²) in [5.41, 5.74) is 5.36. The summed E-state index contributed by atoms with van der Waals surface area (Å²) in [7, 11) is 0. The Morgan fingerprint density at radius 1 is 1.50 bits per heavy atom. The van der Waals surface area contributed by atoms with Crippen LogP contribution in [0.2, 0.25) is 0 Å². The van der Waals surface area contributed by atoms with Gasteiger partial charge in [0.25, 0.3) is 0 Å². The average molecular weight is 213 g/mol. The molecule has 0 fully saturated rings. The molecule has 0 spiro atoms. The van der Waals surface area contributed by atoms with Gasteiger partial charge < -0.3 is 10.8 Å². The second-order valence-electron chi connectivity index (χ2n) is 3.37. The van der Waals surface area contributed by atoms with Gasteiger partial charge in [0, 0.05) is 12.5 Å². The van der Waals surface area contributed by atoms with Crippen LogP contribution < -0.4 is 5.73 Å². The van der Waals surface area contributed by atoms with Crippen LogP contribution in [0.25, 0.3) is 0 Å². The minimum atomic E-state index is -4.25. The van der Waals surface area contributed by atoms with Crippen LogP contribution in [0.4, 0.5) is 13.2 Å². The van der Waals surface area contributed by atoms with E-state index in [1.807, 2.05) is 0 Å². The molecule has 6 heteroatoms. The number of carbonyl (C=O) groups is 1. The van der Waals surface area contributed by atoms with E-state index in [-0.39, 0.29) is 19.3 Å². The van der Waals surface area contributed by atoms with Crippen molar-refractivity contribution in [1.29, 1.82) is 0 Å². The Bertz CT molecular complexity index is 194. The third-order valence-electron chi connectivity index (χ3n) is 1.94. The molecule has 0 aliphatic carbocycles. The molecule has 0 radical (unpaired) electrons. The summed E-state index contributed by atoms with van der Waals surface area (Å²) in [5.74, 6) is -2.52. The molecule has 84 valence electrons. The van der Waals surface area contributed by atoms with Gasteiger partial charge in [-0.05, 0) is 12.8 Å². The molecule has 0 amide bonds. The predicted octanol–water partition coefficient (Wildman–Crippen LogP) is 1.77. The van der Waals surface area contributed by atoms with Gasteiger partial charge in [-0.3, -0.25) is 4.79 Å². The van der Waals surface area contributed by atoms with Gasteiger partial charge in [0.05, 0.1) is 5.92 Å². The van der Waals surface area contributed by atoms with Crippen LogP contribution in [0.15, 0.2) is 0 Å². The first-order valence-electron chi connectivity index (χ1n) is 4.27. The highest BCUT2D eigenvalue weighted by Crippen LogP contribution is 2.29. The van der Waals surface area contributed by atoms with E-state index in [2.05, 4.69) is 0 Å². The number of hydrogen-bond acceptors (Lipinski definition) is 2. The third-order valence-corrected chi connectivity index (χ3v) is 1.94. The van der Waals surface area contributed by atoms with Gasteiger partial charge in [0.15, 0.2) is 0 Å². The number of hydrogen-bond donors (Lipinski definition) is 2. The van der Waals surface area contributed by atoms with Crippen molar-refractivity contribution < 1.29 is 23.1 Å². The quantitative estimate of drug-likeness (QED) is 0.731. The Morgan fingerprint density at radius 3 is 2.36 bits per heavy atom. The van der Waals surface area contributed by atoms with E-state index in [1.165, 1.54) is 0 Å². The van der Waals surface area contributed by atoms with Crippen molar-refractivity contribution in [3.63, 3.8) is 0 Å². The first-order valence-corrected chi connectivity index (χ1v) is 4.27. The molecular formula is C8H14F3NO2. The maximum atomic E-state index is 12.0. The fraction of sp³-hybridized carbons (Fsp3) is 0.875. The molecule has 0 bridgehead atoms. The molecule has 0 rings (SSSR count).